The van der Waals surface area contributed by atoms with Gasteiger partial charge >= 0.3 is 0 Å². The summed E-state index contributed by atoms with van der Waals surface area (Å²) in [5.74, 6) is 0. The van der Waals surface area contributed by atoms with E-state index in [1.54, 1.807) is 0 Å². The molecule has 1 heteroatoms. The molecule has 0 amide bonds. The van der Waals surface area contributed by atoms with Crippen LogP contribution in [0.1, 0.15) is 25.8 Å². The van der Waals surface area contributed by atoms with Crippen molar-refractivity contribution in [1.82, 2.24) is 4.90 Å². The Labute approximate surface area is 92.4 Å². The Hall–Kier alpha value is -1.08. The first-order valence-electron chi connectivity index (χ1n) is 5.76. The molecule has 1 aromatic carbocycles. The first kappa shape index (κ1) is 10.4. The molecule has 0 bridgehead atoms. The lowest BCUT2D eigenvalue weighted by atomic mass is 10.0. The van der Waals surface area contributed by atoms with Gasteiger partial charge in [-0.1, -0.05) is 36.4 Å². The zero-order valence-electron chi connectivity index (χ0n) is 9.61. The molecular weight excluding hydrogens is 182 g/mol. The summed E-state index contributed by atoms with van der Waals surface area (Å²) in [5, 5.41) is 0. The fourth-order valence-electron chi connectivity index (χ4n) is 2.07. The number of nitrogens with zero attached hydrogens (tertiary/aromatic N) is 1. The van der Waals surface area contributed by atoms with Crippen molar-refractivity contribution in [2.24, 2.45) is 0 Å². The average molecular weight is 201 g/mol. The smallest absolute Gasteiger partial charge is 0.0239 e. The highest BCUT2D eigenvalue weighted by Gasteiger charge is 2.15. The van der Waals surface area contributed by atoms with Gasteiger partial charge in [0.15, 0.2) is 0 Å². The van der Waals surface area contributed by atoms with Crippen molar-refractivity contribution in [3.8, 4) is 0 Å². The first-order valence-corrected chi connectivity index (χ1v) is 5.76. The van der Waals surface area contributed by atoms with Crippen LogP contribution in [0, 0.1) is 0 Å². The van der Waals surface area contributed by atoms with Gasteiger partial charge in [0.05, 0.1) is 0 Å². The highest BCUT2D eigenvalue weighted by atomic mass is 15.1. The molecule has 15 heavy (non-hydrogen) atoms. The van der Waals surface area contributed by atoms with E-state index >= 15 is 0 Å². The normalized spacial score (nSPS) is 17.9. The highest BCUT2D eigenvalue weighted by Crippen LogP contribution is 2.21. The predicted molar refractivity (Wildman–Crippen MR) is 65.7 cm³/mol. The standard InChI is InChI=1S/C14H19N/c1-12(2)15-10-6-9-14(11-15)13-7-4-3-5-8-13/h3-5,7-9,12H,6,10-11H2,1-2H3. The fraction of sp³-hybridized carbons (Fsp3) is 0.429. The summed E-state index contributed by atoms with van der Waals surface area (Å²) in [7, 11) is 0. The minimum absolute atomic E-state index is 0.650. The molecule has 0 atom stereocenters. The van der Waals surface area contributed by atoms with Gasteiger partial charge in [-0.2, -0.15) is 0 Å². The molecule has 0 saturated heterocycles. The van der Waals surface area contributed by atoms with Gasteiger partial charge in [-0.25, -0.2) is 0 Å². The molecule has 1 aromatic rings. The Morgan fingerprint density at radius 3 is 2.53 bits per heavy atom. The topological polar surface area (TPSA) is 3.24 Å². The Bertz CT molecular complexity index is 338. The molecule has 80 valence electrons. The number of hydrogen-bond donors (Lipinski definition) is 0. The van der Waals surface area contributed by atoms with E-state index in [9.17, 15) is 0 Å². The second-order valence-electron chi connectivity index (χ2n) is 4.45. The molecule has 0 aromatic heterocycles. The molecule has 1 nitrogen and oxygen atoms in total. The van der Waals surface area contributed by atoms with Crippen molar-refractivity contribution in [3.63, 3.8) is 0 Å². The van der Waals surface area contributed by atoms with Crippen LogP contribution in [0.2, 0.25) is 0 Å². The van der Waals surface area contributed by atoms with Crippen molar-refractivity contribution >= 4 is 5.57 Å². The minimum Gasteiger partial charge on any atom is -0.296 e. The molecule has 1 aliphatic rings. The summed E-state index contributed by atoms with van der Waals surface area (Å²) >= 11 is 0. The largest absolute Gasteiger partial charge is 0.296 e. The zero-order valence-corrected chi connectivity index (χ0v) is 9.61. The summed E-state index contributed by atoms with van der Waals surface area (Å²) in [6.07, 6.45) is 3.57. The van der Waals surface area contributed by atoms with Gasteiger partial charge in [0, 0.05) is 19.1 Å². The van der Waals surface area contributed by atoms with Crippen LogP contribution >= 0.6 is 0 Å². The van der Waals surface area contributed by atoms with Gasteiger partial charge in [-0.15, -0.1) is 0 Å². The number of benzene rings is 1. The number of hydrogen-bond acceptors (Lipinski definition) is 1. The molecule has 0 saturated carbocycles. The Kier molecular flexibility index (Phi) is 3.22. The monoisotopic (exact) mass is 201 g/mol. The Morgan fingerprint density at radius 1 is 1.13 bits per heavy atom. The third kappa shape index (κ3) is 2.48. The predicted octanol–water partition coefficient (Wildman–Crippen LogP) is 3.18. The van der Waals surface area contributed by atoms with Crippen molar-refractivity contribution in [2.45, 2.75) is 26.3 Å². The van der Waals surface area contributed by atoms with Gasteiger partial charge in [0.1, 0.15) is 0 Å². The summed E-state index contributed by atoms with van der Waals surface area (Å²) < 4.78 is 0. The third-order valence-corrected chi connectivity index (χ3v) is 3.06. The molecule has 2 rings (SSSR count). The van der Waals surface area contributed by atoms with E-state index in [4.69, 9.17) is 0 Å². The van der Waals surface area contributed by atoms with Crippen LogP contribution in [0.15, 0.2) is 36.4 Å². The van der Waals surface area contributed by atoms with Gasteiger partial charge in [0.25, 0.3) is 0 Å². The van der Waals surface area contributed by atoms with Crippen molar-refractivity contribution in [3.05, 3.63) is 42.0 Å². The summed E-state index contributed by atoms with van der Waals surface area (Å²) in [6, 6.07) is 11.4. The molecular formula is C14H19N. The van der Waals surface area contributed by atoms with Gasteiger partial charge in [-0.05, 0) is 31.4 Å². The first-order chi connectivity index (χ1) is 7.27. The van der Waals surface area contributed by atoms with E-state index < -0.39 is 0 Å². The maximum atomic E-state index is 2.53. The van der Waals surface area contributed by atoms with E-state index in [2.05, 4.69) is 55.2 Å². The lowest BCUT2D eigenvalue weighted by Crippen LogP contribution is -2.35. The second kappa shape index (κ2) is 4.63. The summed E-state index contributed by atoms with van der Waals surface area (Å²) in [5.41, 5.74) is 2.86. The van der Waals surface area contributed by atoms with Crippen molar-refractivity contribution in [1.29, 1.82) is 0 Å². The molecule has 0 unspecified atom stereocenters. The van der Waals surface area contributed by atoms with Gasteiger partial charge < -0.3 is 0 Å². The lowest BCUT2D eigenvalue weighted by Gasteiger charge is -2.30. The van der Waals surface area contributed by atoms with E-state index in [0.29, 0.717) is 6.04 Å². The Balaban J connectivity index is 2.14. The molecule has 0 aliphatic carbocycles. The van der Waals surface area contributed by atoms with Crippen LogP contribution in [0.5, 0.6) is 0 Å². The van der Waals surface area contributed by atoms with Gasteiger partial charge in [0.2, 0.25) is 0 Å². The van der Waals surface area contributed by atoms with E-state index in [-0.39, 0.29) is 0 Å². The zero-order chi connectivity index (χ0) is 10.7. The maximum Gasteiger partial charge on any atom is 0.0239 e. The lowest BCUT2D eigenvalue weighted by molar-refractivity contribution is 0.248. The summed E-state index contributed by atoms with van der Waals surface area (Å²) in [6.45, 7) is 6.84. The average Bonchev–Trinajstić information content (AvgIpc) is 2.30. The molecule has 0 fully saturated rings. The molecule has 0 radical (unpaired) electrons. The molecule has 1 aliphatic heterocycles. The van der Waals surface area contributed by atoms with Crippen LogP contribution in [0.3, 0.4) is 0 Å². The van der Waals surface area contributed by atoms with Crippen LogP contribution < -0.4 is 0 Å². The third-order valence-electron chi connectivity index (χ3n) is 3.06. The van der Waals surface area contributed by atoms with E-state index in [1.807, 2.05) is 0 Å². The summed E-state index contributed by atoms with van der Waals surface area (Å²) in [4.78, 5) is 2.53. The van der Waals surface area contributed by atoms with Crippen LogP contribution in [0.25, 0.3) is 5.57 Å². The highest BCUT2D eigenvalue weighted by molar-refractivity contribution is 5.67. The van der Waals surface area contributed by atoms with E-state index in [0.717, 1.165) is 6.54 Å². The number of rotatable bonds is 2. The SMILES string of the molecule is CC(C)N1CCC=C(c2ccccc2)C1. The fourth-order valence-corrected chi connectivity index (χ4v) is 2.07. The van der Waals surface area contributed by atoms with Crippen LogP contribution in [-0.4, -0.2) is 24.0 Å². The van der Waals surface area contributed by atoms with Gasteiger partial charge in [-0.3, -0.25) is 4.90 Å². The van der Waals surface area contributed by atoms with Crippen LogP contribution in [-0.2, 0) is 0 Å². The minimum atomic E-state index is 0.650. The van der Waals surface area contributed by atoms with E-state index in [1.165, 1.54) is 24.1 Å². The maximum absolute atomic E-state index is 2.53. The molecule has 1 heterocycles. The molecule has 0 N–H and O–H groups in total. The van der Waals surface area contributed by atoms with Crippen LogP contribution in [0.4, 0.5) is 0 Å². The quantitative estimate of drug-likeness (QED) is 0.710. The Morgan fingerprint density at radius 2 is 1.87 bits per heavy atom. The van der Waals surface area contributed by atoms with Crippen molar-refractivity contribution in [2.75, 3.05) is 13.1 Å². The molecule has 0 spiro atoms. The van der Waals surface area contributed by atoms with Crippen molar-refractivity contribution < 1.29 is 0 Å². The second-order valence-corrected chi connectivity index (χ2v) is 4.45.